The number of hydrogen-bond donors (Lipinski definition) is 1. The second kappa shape index (κ2) is 9.42. The Balaban J connectivity index is 1.49. The first-order valence-electron chi connectivity index (χ1n) is 11.2. The van der Waals surface area contributed by atoms with E-state index in [1.165, 1.54) is 10.4 Å². The molecule has 2 amide bonds. The molecule has 8 heteroatoms. The highest BCUT2D eigenvalue weighted by atomic mass is 32.2. The maximum absolute atomic E-state index is 13.1. The molecular weight excluding hydrogens is 426 g/mol. The number of amides is 2. The predicted octanol–water partition coefficient (Wildman–Crippen LogP) is 3.66. The monoisotopic (exact) mass is 455 g/mol. The number of benzene rings is 2. The molecule has 0 radical (unpaired) electrons. The van der Waals surface area contributed by atoms with Gasteiger partial charge in [-0.3, -0.25) is 9.59 Å². The Bertz CT molecular complexity index is 1100. The summed E-state index contributed by atoms with van der Waals surface area (Å²) in [4.78, 5) is 27.3. The van der Waals surface area contributed by atoms with Gasteiger partial charge in [-0.2, -0.15) is 4.31 Å². The normalized spacial score (nSPS) is 17.3. The summed E-state index contributed by atoms with van der Waals surface area (Å²) < 4.78 is 27.7. The molecule has 0 unspecified atom stereocenters. The van der Waals surface area contributed by atoms with E-state index in [4.69, 9.17) is 0 Å². The summed E-state index contributed by atoms with van der Waals surface area (Å²) in [6.07, 6.45) is 4.82. The lowest BCUT2D eigenvalue weighted by Crippen LogP contribution is -2.36. The fourth-order valence-corrected chi connectivity index (χ4v) is 6.03. The van der Waals surface area contributed by atoms with Gasteiger partial charge in [0.15, 0.2) is 0 Å². The summed E-state index contributed by atoms with van der Waals surface area (Å²) >= 11 is 0. The van der Waals surface area contributed by atoms with Crippen LogP contribution in [0.2, 0.25) is 0 Å². The molecular formula is C24H29N3O4S. The molecule has 2 heterocycles. The summed E-state index contributed by atoms with van der Waals surface area (Å²) in [6, 6.07) is 11.6. The van der Waals surface area contributed by atoms with Crippen molar-refractivity contribution in [1.29, 1.82) is 0 Å². The quantitative estimate of drug-likeness (QED) is 0.746. The van der Waals surface area contributed by atoms with E-state index in [2.05, 4.69) is 5.32 Å². The Morgan fingerprint density at radius 1 is 0.812 bits per heavy atom. The number of carbonyl (C=O) groups excluding carboxylic acids is 2. The number of anilines is 1. The van der Waals surface area contributed by atoms with Gasteiger partial charge in [0.1, 0.15) is 0 Å². The predicted molar refractivity (Wildman–Crippen MR) is 123 cm³/mol. The average molecular weight is 456 g/mol. The molecule has 2 aliphatic rings. The number of nitrogens with one attached hydrogen (secondary N) is 1. The van der Waals surface area contributed by atoms with E-state index < -0.39 is 15.9 Å². The lowest BCUT2D eigenvalue weighted by atomic mass is 10.1. The first kappa shape index (κ1) is 22.5. The highest BCUT2D eigenvalue weighted by Crippen LogP contribution is 2.25. The van der Waals surface area contributed by atoms with E-state index in [1.807, 2.05) is 4.90 Å². The van der Waals surface area contributed by atoms with Gasteiger partial charge in [0.2, 0.25) is 10.0 Å². The zero-order valence-electron chi connectivity index (χ0n) is 18.3. The van der Waals surface area contributed by atoms with Crippen LogP contribution in [0.15, 0.2) is 47.4 Å². The van der Waals surface area contributed by atoms with Crippen molar-refractivity contribution >= 4 is 27.5 Å². The smallest absolute Gasteiger partial charge is 0.255 e. The van der Waals surface area contributed by atoms with Crippen molar-refractivity contribution in [3.63, 3.8) is 0 Å². The fraction of sp³-hybridized carbons (Fsp3) is 0.417. The second-order valence-electron chi connectivity index (χ2n) is 8.48. The van der Waals surface area contributed by atoms with Crippen LogP contribution in [0.4, 0.5) is 5.69 Å². The van der Waals surface area contributed by atoms with Gasteiger partial charge in [0.25, 0.3) is 11.8 Å². The first-order chi connectivity index (χ1) is 15.4. The molecule has 2 saturated heterocycles. The number of aryl methyl sites for hydroxylation is 1. The van der Waals surface area contributed by atoms with Gasteiger partial charge in [0, 0.05) is 43.0 Å². The van der Waals surface area contributed by atoms with Crippen LogP contribution in [0.3, 0.4) is 0 Å². The average Bonchev–Trinajstić information content (AvgIpc) is 3.35. The molecule has 2 fully saturated rings. The molecule has 2 aromatic rings. The molecule has 0 aliphatic carbocycles. The third kappa shape index (κ3) is 4.71. The Kier molecular flexibility index (Phi) is 6.62. The van der Waals surface area contributed by atoms with Crippen LogP contribution in [0.25, 0.3) is 0 Å². The summed E-state index contributed by atoms with van der Waals surface area (Å²) in [5.41, 5.74) is 2.05. The Labute approximate surface area is 189 Å². The number of piperidine rings is 1. The minimum Gasteiger partial charge on any atom is -0.339 e. The molecule has 0 aromatic heterocycles. The largest absolute Gasteiger partial charge is 0.339 e. The maximum Gasteiger partial charge on any atom is 0.255 e. The van der Waals surface area contributed by atoms with Crippen molar-refractivity contribution in [2.24, 2.45) is 0 Å². The minimum atomic E-state index is -3.63. The zero-order valence-corrected chi connectivity index (χ0v) is 19.2. The lowest BCUT2D eigenvalue weighted by Gasteiger charge is -2.26. The molecule has 4 rings (SSSR count). The molecule has 170 valence electrons. The number of hydrogen-bond acceptors (Lipinski definition) is 4. The van der Waals surface area contributed by atoms with Crippen molar-refractivity contribution in [3.05, 3.63) is 59.2 Å². The molecule has 2 aromatic carbocycles. The number of carbonyl (C=O) groups is 2. The van der Waals surface area contributed by atoms with Crippen LogP contribution >= 0.6 is 0 Å². The number of nitrogens with zero attached hydrogens (tertiary/aromatic N) is 2. The third-order valence-corrected chi connectivity index (χ3v) is 8.21. The lowest BCUT2D eigenvalue weighted by molar-refractivity contribution is 0.0792. The first-order valence-corrected chi connectivity index (χ1v) is 12.6. The summed E-state index contributed by atoms with van der Waals surface area (Å²) in [6.45, 7) is 4.34. The Morgan fingerprint density at radius 2 is 1.41 bits per heavy atom. The number of likely N-dealkylation sites (tertiary alicyclic amines) is 1. The van der Waals surface area contributed by atoms with E-state index in [0.29, 0.717) is 29.9 Å². The summed E-state index contributed by atoms with van der Waals surface area (Å²) in [7, 11) is -3.63. The maximum atomic E-state index is 13.1. The van der Waals surface area contributed by atoms with E-state index in [1.54, 1.807) is 43.3 Å². The third-order valence-electron chi connectivity index (χ3n) is 6.17. The highest BCUT2D eigenvalue weighted by Gasteiger charge is 2.28. The SMILES string of the molecule is Cc1ccc(C(=O)Nc2ccc(C(=O)N3CCCC3)cc2)cc1S(=O)(=O)N1CCCCC1. The van der Waals surface area contributed by atoms with Crippen molar-refractivity contribution in [2.75, 3.05) is 31.5 Å². The van der Waals surface area contributed by atoms with E-state index >= 15 is 0 Å². The van der Waals surface area contributed by atoms with Crippen molar-refractivity contribution in [1.82, 2.24) is 9.21 Å². The van der Waals surface area contributed by atoms with Crippen LogP contribution in [0.5, 0.6) is 0 Å². The molecule has 32 heavy (non-hydrogen) atoms. The molecule has 0 bridgehead atoms. The van der Waals surface area contributed by atoms with Crippen LogP contribution in [0, 0.1) is 6.92 Å². The molecule has 2 aliphatic heterocycles. The van der Waals surface area contributed by atoms with Crippen molar-refractivity contribution < 1.29 is 18.0 Å². The van der Waals surface area contributed by atoms with Gasteiger partial charge >= 0.3 is 0 Å². The molecule has 7 nitrogen and oxygen atoms in total. The van der Waals surface area contributed by atoms with Crippen LogP contribution < -0.4 is 5.32 Å². The van der Waals surface area contributed by atoms with Crippen LogP contribution in [0.1, 0.15) is 58.4 Å². The Morgan fingerprint density at radius 3 is 2.06 bits per heavy atom. The molecule has 0 atom stereocenters. The number of rotatable bonds is 5. The minimum absolute atomic E-state index is 0.00599. The number of sulfonamides is 1. The fourth-order valence-electron chi connectivity index (χ4n) is 4.27. The topological polar surface area (TPSA) is 86.8 Å². The van der Waals surface area contributed by atoms with E-state index in [9.17, 15) is 18.0 Å². The summed E-state index contributed by atoms with van der Waals surface area (Å²) in [5.74, 6) is -0.384. The van der Waals surface area contributed by atoms with E-state index in [-0.39, 0.29) is 16.4 Å². The standard InChI is InChI=1S/C24H29N3O4S/c1-18-7-8-20(17-22(18)32(30,31)27-15-3-2-4-16-27)23(28)25-21-11-9-19(10-12-21)24(29)26-13-5-6-14-26/h7-12,17H,2-6,13-16H2,1H3,(H,25,28). The van der Waals surface area contributed by atoms with Gasteiger partial charge < -0.3 is 10.2 Å². The summed E-state index contributed by atoms with van der Waals surface area (Å²) in [5, 5.41) is 2.80. The van der Waals surface area contributed by atoms with Gasteiger partial charge in [-0.25, -0.2) is 8.42 Å². The van der Waals surface area contributed by atoms with Crippen LogP contribution in [-0.4, -0.2) is 55.6 Å². The van der Waals surface area contributed by atoms with E-state index in [0.717, 1.165) is 45.2 Å². The van der Waals surface area contributed by atoms with Gasteiger partial charge in [-0.15, -0.1) is 0 Å². The zero-order chi connectivity index (χ0) is 22.7. The molecule has 0 saturated carbocycles. The van der Waals surface area contributed by atoms with Gasteiger partial charge in [0.05, 0.1) is 4.90 Å². The van der Waals surface area contributed by atoms with Crippen LogP contribution in [-0.2, 0) is 10.0 Å². The molecule has 1 N–H and O–H groups in total. The van der Waals surface area contributed by atoms with Crippen molar-refractivity contribution in [2.45, 2.75) is 43.9 Å². The Hall–Kier alpha value is -2.71. The van der Waals surface area contributed by atoms with Gasteiger partial charge in [-0.1, -0.05) is 12.5 Å². The molecule has 0 spiro atoms. The van der Waals surface area contributed by atoms with Gasteiger partial charge in [-0.05, 0) is 74.6 Å². The highest BCUT2D eigenvalue weighted by molar-refractivity contribution is 7.89. The second-order valence-corrected chi connectivity index (χ2v) is 10.4. The van der Waals surface area contributed by atoms with Crippen molar-refractivity contribution in [3.8, 4) is 0 Å².